The van der Waals surface area contributed by atoms with E-state index in [0.717, 1.165) is 33.7 Å². The summed E-state index contributed by atoms with van der Waals surface area (Å²) >= 11 is 0. The lowest BCUT2D eigenvalue weighted by molar-refractivity contribution is 1.16. The van der Waals surface area contributed by atoms with Crippen LogP contribution in [0.2, 0.25) is 0 Å². The van der Waals surface area contributed by atoms with Crippen LogP contribution in [0.25, 0.3) is 71.1 Å². The molecule has 8 aromatic rings. The average Bonchev–Trinajstić information content (AvgIpc) is 3.54. The average molecular weight is 511 g/mol. The first-order valence-corrected chi connectivity index (χ1v) is 13.3. The number of aromatic nitrogens is 3. The Balaban J connectivity index is 1.42. The Morgan fingerprint density at radius 1 is 0.525 bits per heavy atom. The van der Waals surface area contributed by atoms with Gasteiger partial charge in [0.05, 0.1) is 40.0 Å². The minimum atomic E-state index is 0.581. The Hall–Kier alpha value is -5.66. The van der Waals surface area contributed by atoms with Crippen LogP contribution >= 0.6 is 0 Å². The first kappa shape index (κ1) is 22.3. The Labute approximate surface area is 230 Å². The minimum absolute atomic E-state index is 0.581. The van der Waals surface area contributed by atoms with Crippen molar-refractivity contribution in [2.75, 3.05) is 0 Å². The molecular weight excluding hydrogens is 488 g/mol. The molecule has 8 rings (SSSR count). The maximum atomic E-state index is 7.48. The van der Waals surface area contributed by atoms with Gasteiger partial charge in [0.15, 0.2) is 5.69 Å². The number of benzene rings is 5. The topological polar surface area (TPSA) is 27.1 Å². The lowest BCUT2D eigenvalue weighted by Gasteiger charge is -2.14. The molecule has 0 amide bonds. The molecular formula is C36H22N4. The molecule has 0 saturated heterocycles. The molecule has 3 aromatic heterocycles. The van der Waals surface area contributed by atoms with Gasteiger partial charge >= 0.3 is 0 Å². The normalized spacial score (nSPS) is 11.5. The minimum Gasteiger partial charge on any atom is -0.309 e. The molecule has 0 N–H and O–H groups in total. The van der Waals surface area contributed by atoms with E-state index < -0.39 is 0 Å². The molecule has 4 nitrogen and oxygen atoms in total. The summed E-state index contributed by atoms with van der Waals surface area (Å²) in [4.78, 5) is 8.26. The Morgan fingerprint density at radius 2 is 1.10 bits per heavy atom. The largest absolute Gasteiger partial charge is 0.309 e. The number of fused-ring (bicyclic) bond motifs is 6. The van der Waals surface area contributed by atoms with Gasteiger partial charge in [-0.25, -0.2) is 4.85 Å². The second-order valence-corrected chi connectivity index (χ2v) is 9.95. The fraction of sp³-hybridized carbons (Fsp3) is 0. The zero-order valence-corrected chi connectivity index (χ0v) is 21.5. The molecule has 4 heteroatoms. The molecule has 0 radical (unpaired) electrons. The summed E-state index contributed by atoms with van der Waals surface area (Å²) in [6, 6.07) is 44.5. The van der Waals surface area contributed by atoms with Crippen molar-refractivity contribution < 1.29 is 0 Å². The summed E-state index contributed by atoms with van der Waals surface area (Å²) < 4.78 is 4.69. The molecule has 40 heavy (non-hydrogen) atoms. The number of para-hydroxylation sites is 4. The van der Waals surface area contributed by atoms with E-state index in [0.29, 0.717) is 5.69 Å². The van der Waals surface area contributed by atoms with E-state index >= 15 is 0 Å². The highest BCUT2D eigenvalue weighted by atomic mass is 15.0. The standard InChI is InChI=1S/C36H22N4/c1-37-24-20-21-38-31(22-24)29-13-5-9-17-35(29)40-34-16-8-4-12-28(34)30-23-25(18-19-36(30)40)39-32-14-6-2-10-26(32)27-11-3-7-15-33(27)39/h2-23H. The van der Waals surface area contributed by atoms with E-state index in [1.54, 1.807) is 12.3 Å². The molecule has 0 spiro atoms. The van der Waals surface area contributed by atoms with Crippen molar-refractivity contribution in [3.8, 4) is 22.6 Å². The number of hydrogen-bond donors (Lipinski definition) is 0. The van der Waals surface area contributed by atoms with Gasteiger partial charge in [0.25, 0.3) is 0 Å². The molecule has 0 bridgehead atoms. The third-order valence-corrected chi connectivity index (χ3v) is 7.79. The van der Waals surface area contributed by atoms with Crippen LogP contribution in [0.15, 0.2) is 134 Å². The van der Waals surface area contributed by atoms with Crippen molar-refractivity contribution in [3.05, 3.63) is 145 Å². The zero-order chi connectivity index (χ0) is 26.6. The van der Waals surface area contributed by atoms with Crippen LogP contribution in [-0.4, -0.2) is 14.1 Å². The summed E-state index contributed by atoms with van der Waals surface area (Å²) in [6.07, 6.45) is 1.71. The van der Waals surface area contributed by atoms with Crippen molar-refractivity contribution in [1.82, 2.24) is 14.1 Å². The third-order valence-electron chi connectivity index (χ3n) is 7.79. The summed E-state index contributed by atoms with van der Waals surface area (Å²) in [6.45, 7) is 7.48. The highest BCUT2D eigenvalue weighted by molar-refractivity contribution is 6.12. The van der Waals surface area contributed by atoms with Gasteiger partial charge in [-0.2, -0.15) is 0 Å². The predicted octanol–water partition coefficient (Wildman–Crippen LogP) is 9.49. The quantitative estimate of drug-likeness (QED) is 0.217. The maximum Gasteiger partial charge on any atom is 0.190 e. The van der Waals surface area contributed by atoms with Crippen LogP contribution in [0, 0.1) is 6.57 Å². The van der Waals surface area contributed by atoms with Crippen molar-refractivity contribution in [2.45, 2.75) is 0 Å². The Morgan fingerprint density at radius 3 is 1.80 bits per heavy atom. The Kier molecular flexibility index (Phi) is 4.85. The van der Waals surface area contributed by atoms with E-state index in [9.17, 15) is 0 Å². The highest BCUT2D eigenvalue weighted by Gasteiger charge is 2.18. The summed E-state index contributed by atoms with van der Waals surface area (Å²) in [5, 5.41) is 4.89. The van der Waals surface area contributed by atoms with Crippen LogP contribution in [-0.2, 0) is 0 Å². The summed E-state index contributed by atoms with van der Waals surface area (Å²) in [5.41, 5.74) is 9.17. The van der Waals surface area contributed by atoms with Crippen molar-refractivity contribution in [3.63, 3.8) is 0 Å². The van der Waals surface area contributed by atoms with Crippen LogP contribution < -0.4 is 0 Å². The van der Waals surface area contributed by atoms with Crippen LogP contribution in [0.4, 0.5) is 5.69 Å². The van der Waals surface area contributed by atoms with E-state index in [2.05, 4.69) is 128 Å². The summed E-state index contributed by atoms with van der Waals surface area (Å²) in [7, 11) is 0. The van der Waals surface area contributed by atoms with Crippen molar-refractivity contribution >= 4 is 49.3 Å². The second kappa shape index (κ2) is 8.69. The van der Waals surface area contributed by atoms with E-state index in [1.807, 2.05) is 12.1 Å². The maximum absolute atomic E-state index is 7.48. The van der Waals surface area contributed by atoms with Gasteiger partial charge in [-0.1, -0.05) is 72.8 Å². The molecule has 0 unspecified atom stereocenters. The van der Waals surface area contributed by atoms with Gasteiger partial charge in [0.1, 0.15) is 0 Å². The number of nitrogens with zero attached hydrogens (tertiary/aromatic N) is 4. The van der Waals surface area contributed by atoms with Crippen molar-refractivity contribution in [1.29, 1.82) is 0 Å². The molecule has 0 atom stereocenters. The first-order valence-electron chi connectivity index (χ1n) is 13.3. The molecule has 0 fully saturated rings. The molecule has 5 aromatic carbocycles. The lowest BCUT2D eigenvalue weighted by atomic mass is 10.1. The SMILES string of the molecule is [C-]#[N+]c1ccnc(-c2ccccc2-n2c3ccccc3c3cc(-n4c5ccccc5c5ccccc54)ccc32)c1. The lowest BCUT2D eigenvalue weighted by Crippen LogP contribution is -1.98. The van der Waals surface area contributed by atoms with Crippen molar-refractivity contribution in [2.24, 2.45) is 0 Å². The number of hydrogen-bond acceptors (Lipinski definition) is 1. The smallest absolute Gasteiger partial charge is 0.190 e. The van der Waals surface area contributed by atoms with Gasteiger partial charge in [-0.3, -0.25) is 4.98 Å². The molecule has 0 aliphatic heterocycles. The third kappa shape index (κ3) is 3.22. The number of pyridine rings is 1. The highest BCUT2D eigenvalue weighted by Crippen LogP contribution is 2.38. The van der Waals surface area contributed by atoms with Gasteiger partial charge < -0.3 is 9.13 Å². The molecule has 186 valence electrons. The summed E-state index contributed by atoms with van der Waals surface area (Å²) in [5.74, 6) is 0. The predicted molar refractivity (Wildman–Crippen MR) is 165 cm³/mol. The van der Waals surface area contributed by atoms with E-state index in [4.69, 9.17) is 6.57 Å². The molecule has 3 heterocycles. The Bertz CT molecular complexity index is 2240. The van der Waals surface area contributed by atoms with Gasteiger partial charge in [-0.15, -0.1) is 0 Å². The fourth-order valence-electron chi connectivity index (χ4n) is 6.08. The number of rotatable bonds is 3. The molecule has 0 aliphatic carbocycles. The van der Waals surface area contributed by atoms with Crippen LogP contribution in [0.1, 0.15) is 0 Å². The fourth-order valence-corrected chi connectivity index (χ4v) is 6.08. The van der Waals surface area contributed by atoms with E-state index in [-0.39, 0.29) is 0 Å². The van der Waals surface area contributed by atoms with Crippen LogP contribution in [0.3, 0.4) is 0 Å². The zero-order valence-electron chi connectivity index (χ0n) is 21.5. The van der Waals surface area contributed by atoms with Gasteiger partial charge in [0, 0.05) is 39.0 Å². The molecule has 0 aliphatic rings. The monoisotopic (exact) mass is 510 g/mol. The van der Waals surface area contributed by atoms with Gasteiger partial charge in [0.2, 0.25) is 0 Å². The van der Waals surface area contributed by atoms with Gasteiger partial charge in [-0.05, 0) is 54.6 Å². The molecule has 0 saturated carbocycles. The second-order valence-electron chi connectivity index (χ2n) is 9.95. The van der Waals surface area contributed by atoms with Crippen LogP contribution in [0.5, 0.6) is 0 Å². The first-order chi connectivity index (χ1) is 19.8. The van der Waals surface area contributed by atoms with E-state index in [1.165, 1.54) is 32.6 Å².